The molecule has 1 saturated heterocycles. The largest absolute Gasteiger partial charge is 0.507 e. The van der Waals surface area contributed by atoms with Crippen LogP contribution in [0, 0.1) is 0 Å². The Bertz CT molecular complexity index is 901. The van der Waals surface area contributed by atoms with Crippen LogP contribution in [0.25, 0.3) is 5.76 Å². The average Bonchev–Trinajstić information content (AvgIpc) is 3.27. The predicted molar refractivity (Wildman–Crippen MR) is 114 cm³/mol. The number of aliphatic hydroxyl groups is 1. The molecular formula is C22H26N2O4S. The molecule has 1 amide bonds. The second-order valence-electron chi connectivity index (χ2n) is 7.50. The zero-order chi connectivity index (χ0) is 21.1. The van der Waals surface area contributed by atoms with Crippen molar-refractivity contribution in [3.8, 4) is 5.75 Å². The molecule has 1 aromatic heterocycles. The third-order valence-corrected chi connectivity index (χ3v) is 5.57. The summed E-state index contributed by atoms with van der Waals surface area (Å²) in [6.07, 6.45) is 0.0373. The normalized spacial score (nSPS) is 18.8. The van der Waals surface area contributed by atoms with E-state index in [2.05, 4.69) is 0 Å². The Hall–Kier alpha value is -2.64. The monoisotopic (exact) mass is 414 g/mol. The fourth-order valence-corrected chi connectivity index (χ4v) is 4.13. The molecule has 29 heavy (non-hydrogen) atoms. The molecule has 0 bridgehead atoms. The van der Waals surface area contributed by atoms with E-state index >= 15 is 0 Å². The van der Waals surface area contributed by atoms with Crippen LogP contribution in [0.2, 0.25) is 0 Å². The van der Waals surface area contributed by atoms with E-state index in [4.69, 9.17) is 4.74 Å². The van der Waals surface area contributed by atoms with Gasteiger partial charge in [-0.2, -0.15) is 0 Å². The van der Waals surface area contributed by atoms with Gasteiger partial charge in [-0.1, -0.05) is 6.07 Å². The van der Waals surface area contributed by atoms with Gasteiger partial charge in [0.05, 0.1) is 17.7 Å². The first-order valence-corrected chi connectivity index (χ1v) is 10.4. The molecule has 1 aromatic carbocycles. The summed E-state index contributed by atoms with van der Waals surface area (Å²) in [5.74, 6) is -0.711. The van der Waals surface area contributed by atoms with Crippen molar-refractivity contribution in [1.82, 2.24) is 9.80 Å². The lowest BCUT2D eigenvalue weighted by atomic mass is 10.00. The van der Waals surface area contributed by atoms with Crippen molar-refractivity contribution in [3.05, 3.63) is 57.8 Å². The minimum absolute atomic E-state index is 0.0373. The first kappa shape index (κ1) is 21.1. The SMILES string of the molecule is CC(C)Oc1ccc(/C(O)=C2\C(=O)C(=O)N(CCN(C)C)[C@H]2c2cccs2)cc1. The van der Waals surface area contributed by atoms with E-state index in [1.165, 1.54) is 11.3 Å². The number of ether oxygens (including phenoxy) is 1. The Kier molecular flexibility index (Phi) is 6.39. The molecule has 154 valence electrons. The third-order valence-electron chi connectivity index (χ3n) is 4.64. The fraction of sp³-hybridized carbons (Fsp3) is 0.364. The lowest BCUT2D eigenvalue weighted by Gasteiger charge is -2.25. The van der Waals surface area contributed by atoms with Crippen molar-refractivity contribution in [3.63, 3.8) is 0 Å². The molecule has 0 radical (unpaired) electrons. The topological polar surface area (TPSA) is 70.1 Å². The number of likely N-dealkylation sites (N-methyl/N-ethyl adjacent to an activating group) is 1. The fourth-order valence-electron chi connectivity index (χ4n) is 3.28. The zero-order valence-corrected chi connectivity index (χ0v) is 17.9. The average molecular weight is 415 g/mol. The van der Waals surface area contributed by atoms with Crippen molar-refractivity contribution in [1.29, 1.82) is 0 Å². The van der Waals surface area contributed by atoms with E-state index in [1.807, 2.05) is 50.4 Å². The number of Topliss-reactive ketones (excluding diaryl/α,β-unsaturated/α-hetero) is 1. The minimum atomic E-state index is -0.651. The van der Waals surface area contributed by atoms with Gasteiger partial charge in [-0.25, -0.2) is 0 Å². The van der Waals surface area contributed by atoms with E-state index in [1.54, 1.807) is 29.2 Å². The van der Waals surface area contributed by atoms with E-state index in [-0.39, 0.29) is 17.4 Å². The summed E-state index contributed by atoms with van der Waals surface area (Å²) in [7, 11) is 3.83. The van der Waals surface area contributed by atoms with E-state index in [0.717, 1.165) is 4.88 Å². The second-order valence-corrected chi connectivity index (χ2v) is 8.48. The second kappa shape index (κ2) is 8.80. The Morgan fingerprint density at radius 2 is 1.90 bits per heavy atom. The summed E-state index contributed by atoms with van der Waals surface area (Å²) in [5.41, 5.74) is 0.613. The highest BCUT2D eigenvalue weighted by Gasteiger charge is 2.46. The van der Waals surface area contributed by atoms with Gasteiger partial charge >= 0.3 is 0 Å². The number of aliphatic hydroxyl groups excluding tert-OH is 1. The number of likely N-dealkylation sites (tertiary alicyclic amines) is 1. The Labute approximate surface area is 175 Å². The quantitative estimate of drug-likeness (QED) is 0.426. The summed E-state index contributed by atoms with van der Waals surface area (Å²) in [6.45, 7) is 4.89. The summed E-state index contributed by atoms with van der Waals surface area (Å²) >= 11 is 1.46. The van der Waals surface area contributed by atoms with Crippen LogP contribution in [0.1, 0.15) is 30.3 Å². The molecule has 6 nitrogen and oxygen atoms in total. The van der Waals surface area contributed by atoms with E-state index in [0.29, 0.717) is 24.4 Å². The minimum Gasteiger partial charge on any atom is -0.507 e. The number of amides is 1. The van der Waals surface area contributed by atoms with Crippen LogP contribution in [0.3, 0.4) is 0 Å². The van der Waals surface area contributed by atoms with Gasteiger partial charge < -0.3 is 19.6 Å². The van der Waals surface area contributed by atoms with Crippen LogP contribution in [-0.2, 0) is 9.59 Å². The van der Waals surface area contributed by atoms with Gasteiger partial charge in [-0.15, -0.1) is 11.3 Å². The Morgan fingerprint density at radius 3 is 2.45 bits per heavy atom. The molecule has 0 unspecified atom stereocenters. The molecule has 2 aromatic rings. The smallest absolute Gasteiger partial charge is 0.295 e. The van der Waals surface area contributed by atoms with E-state index < -0.39 is 17.7 Å². The maximum Gasteiger partial charge on any atom is 0.295 e. The number of hydrogen-bond donors (Lipinski definition) is 1. The number of thiophene rings is 1. The molecule has 3 rings (SSSR count). The maximum absolute atomic E-state index is 12.9. The Balaban J connectivity index is 2.02. The molecule has 0 saturated carbocycles. The molecule has 1 N–H and O–H groups in total. The number of nitrogens with zero attached hydrogens (tertiary/aromatic N) is 2. The number of hydrogen-bond acceptors (Lipinski definition) is 6. The molecule has 0 aliphatic carbocycles. The number of carbonyl (C=O) groups excluding carboxylic acids is 2. The van der Waals surface area contributed by atoms with Crippen molar-refractivity contribution >= 4 is 28.8 Å². The summed E-state index contributed by atoms with van der Waals surface area (Å²) in [4.78, 5) is 30.0. The third kappa shape index (κ3) is 4.52. The first-order valence-electron chi connectivity index (χ1n) is 9.53. The van der Waals surface area contributed by atoms with Crippen molar-refractivity contribution in [2.45, 2.75) is 26.0 Å². The van der Waals surface area contributed by atoms with Crippen LogP contribution in [0.4, 0.5) is 0 Å². The molecule has 1 atom stereocenters. The number of rotatable bonds is 7. The van der Waals surface area contributed by atoms with Crippen molar-refractivity contribution in [2.24, 2.45) is 0 Å². The molecule has 1 fully saturated rings. The lowest BCUT2D eigenvalue weighted by Crippen LogP contribution is -2.35. The molecule has 2 heterocycles. The first-order chi connectivity index (χ1) is 13.8. The zero-order valence-electron chi connectivity index (χ0n) is 17.1. The highest BCUT2D eigenvalue weighted by molar-refractivity contribution is 7.10. The highest BCUT2D eigenvalue weighted by atomic mass is 32.1. The van der Waals surface area contributed by atoms with Crippen molar-refractivity contribution in [2.75, 3.05) is 27.2 Å². The standard InChI is InChI=1S/C22H26N2O4S/c1-14(2)28-16-9-7-15(8-10-16)20(25)18-19(17-6-5-13-29-17)24(12-11-23(3)4)22(27)21(18)26/h5-10,13-14,19,25H,11-12H2,1-4H3/b20-18+/t19-/m0/s1. The molecule has 7 heteroatoms. The molecule has 1 aliphatic rings. The van der Waals surface area contributed by atoms with Crippen LogP contribution >= 0.6 is 11.3 Å². The molecular weight excluding hydrogens is 388 g/mol. The van der Waals surface area contributed by atoms with Gasteiger partial charge in [0.1, 0.15) is 11.5 Å². The number of ketones is 1. The summed E-state index contributed by atoms with van der Waals surface area (Å²) < 4.78 is 5.63. The lowest BCUT2D eigenvalue weighted by molar-refractivity contribution is -0.140. The van der Waals surface area contributed by atoms with Crippen LogP contribution in [0.5, 0.6) is 5.75 Å². The van der Waals surface area contributed by atoms with Gasteiger partial charge in [0.15, 0.2) is 0 Å². The van der Waals surface area contributed by atoms with Crippen molar-refractivity contribution < 1.29 is 19.4 Å². The van der Waals surface area contributed by atoms with Gasteiger partial charge in [-0.3, -0.25) is 9.59 Å². The predicted octanol–water partition coefficient (Wildman–Crippen LogP) is 3.52. The van der Waals surface area contributed by atoms with Gasteiger partial charge in [0.2, 0.25) is 0 Å². The number of carbonyl (C=O) groups is 2. The van der Waals surface area contributed by atoms with Gasteiger partial charge in [0, 0.05) is 23.5 Å². The van der Waals surface area contributed by atoms with Gasteiger partial charge in [-0.05, 0) is 63.7 Å². The van der Waals surface area contributed by atoms with Gasteiger partial charge in [0.25, 0.3) is 11.7 Å². The van der Waals surface area contributed by atoms with Crippen LogP contribution < -0.4 is 4.74 Å². The summed E-state index contributed by atoms with van der Waals surface area (Å²) in [5, 5.41) is 12.9. The number of benzene rings is 1. The highest BCUT2D eigenvalue weighted by Crippen LogP contribution is 2.41. The van der Waals surface area contributed by atoms with E-state index in [9.17, 15) is 14.7 Å². The van der Waals surface area contributed by atoms with Crippen LogP contribution in [0.15, 0.2) is 47.4 Å². The molecule has 1 aliphatic heterocycles. The van der Waals surface area contributed by atoms with Crippen LogP contribution in [-0.4, -0.2) is 59.9 Å². The molecule has 0 spiro atoms. The maximum atomic E-state index is 12.9. The summed E-state index contributed by atoms with van der Waals surface area (Å²) in [6, 6.07) is 10.1. The Morgan fingerprint density at radius 1 is 1.21 bits per heavy atom.